The number of aromatic nitrogens is 2. The summed E-state index contributed by atoms with van der Waals surface area (Å²) in [5.41, 5.74) is 0.981. The van der Waals surface area contributed by atoms with Crippen LogP contribution >= 0.6 is 22.9 Å². The van der Waals surface area contributed by atoms with Crippen molar-refractivity contribution in [3.8, 4) is 0 Å². The minimum Gasteiger partial charge on any atom is -0.395 e. The Kier molecular flexibility index (Phi) is 8.28. The largest absolute Gasteiger partial charge is 0.395 e. The summed E-state index contributed by atoms with van der Waals surface area (Å²) in [7, 11) is 0. The number of hydrogen-bond acceptors (Lipinski definition) is 7. The van der Waals surface area contributed by atoms with Crippen molar-refractivity contribution in [3.63, 3.8) is 0 Å². The lowest BCUT2D eigenvalue weighted by atomic mass is 9.98. The molecule has 3 N–H and O–H groups in total. The minimum atomic E-state index is -0.543. The highest BCUT2D eigenvalue weighted by Gasteiger charge is 2.20. The number of halogens is 2. The molecule has 1 aliphatic heterocycles. The molecule has 3 heterocycles. The molecule has 0 bridgehead atoms. The van der Waals surface area contributed by atoms with Gasteiger partial charge in [0.2, 0.25) is 5.82 Å². The number of likely N-dealkylation sites (tertiary alicyclic amines) is 1. The van der Waals surface area contributed by atoms with E-state index >= 15 is 0 Å². The average Bonchev–Trinajstić information content (AvgIpc) is 3.24. The molecular formula is C23H26ClFN4O4S. The molecule has 4 rings (SSSR count). The normalized spacial score (nSPS) is 15.1. The zero-order valence-electron chi connectivity index (χ0n) is 18.5. The fraction of sp³-hybridized carbons (Fsp3) is 0.435. The molecule has 34 heavy (non-hydrogen) atoms. The number of benzene rings is 1. The van der Waals surface area contributed by atoms with Crippen molar-refractivity contribution in [2.24, 2.45) is 5.92 Å². The van der Waals surface area contributed by atoms with Crippen LogP contribution in [0, 0.1) is 11.7 Å². The molecule has 1 amide bonds. The zero-order chi connectivity index (χ0) is 24.1. The number of piperidine rings is 1. The second-order valence-corrected chi connectivity index (χ2v) is 9.58. The summed E-state index contributed by atoms with van der Waals surface area (Å²) < 4.78 is 19.2. The van der Waals surface area contributed by atoms with Crippen molar-refractivity contribution in [2.75, 3.05) is 32.8 Å². The highest BCUT2D eigenvalue weighted by atomic mass is 35.5. The molecule has 182 valence electrons. The van der Waals surface area contributed by atoms with Crippen molar-refractivity contribution < 1.29 is 19.0 Å². The lowest BCUT2D eigenvalue weighted by Crippen LogP contribution is -2.36. The second kappa shape index (κ2) is 11.4. The lowest BCUT2D eigenvalue weighted by Gasteiger charge is -2.31. The number of aromatic amines is 1. The first-order valence-corrected chi connectivity index (χ1v) is 12.3. The van der Waals surface area contributed by atoms with Crippen LogP contribution in [0.3, 0.4) is 0 Å². The van der Waals surface area contributed by atoms with Crippen LogP contribution in [0.4, 0.5) is 4.39 Å². The standard InChI is InChI=1S/C23H26ClFN4O4S/c24-17-9-15(1-2-18(17)25)10-26-22(32)20-27-21(31)19-16(13-34-23(19)28-20)12-33-11-14-3-5-29(6-4-14)7-8-30/h1-2,9,13-14,30H,3-8,10-12H2,(H,26,32)(H,27,28,31). The Morgan fingerprint density at radius 3 is 2.91 bits per heavy atom. The van der Waals surface area contributed by atoms with E-state index < -0.39 is 17.3 Å². The summed E-state index contributed by atoms with van der Waals surface area (Å²) in [5, 5.41) is 13.9. The van der Waals surface area contributed by atoms with Gasteiger partial charge in [-0.3, -0.25) is 9.59 Å². The lowest BCUT2D eigenvalue weighted by molar-refractivity contribution is 0.0547. The van der Waals surface area contributed by atoms with E-state index in [9.17, 15) is 14.0 Å². The van der Waals surface area contributed by atoms with Gasteiger partial charge in [-0.25, -0.2) is 9.37 Å². The topological polar surface area (TPSA) is 108 Å². The number of nitrogens with zero attached hydrogens (tertiary/aromatic N) is 2. The van der Waals surface area contributed by atoms with Crippen LogP contribution in [0.15, 0.2) is 28.4 Å². The third-order valence-corrected chi connectivity index (χ3v) is 7.12. The predicted molar refractivity (Wildman–Crippen MR) is 129 cm³/mol. The van der Waals surface area contributed by atoms with Gasteiger partial charge < -0.3 is 25.0 Å². The average molecular weight is 509 g/mol. The smallest absolute Gasteiger partial charge is 0.287 e. The van der Waals surface area contributed by atoms with E-state index in [2.05, 4.69) is 20.2 Å². The molecule has 8 nitrogen and oxygen atoms in total. The highest BCUT2D eigenvalue weighted by molar-refractivity contribution is 7.16. The van der Waals surface area contributed by atoms with Crippen LogP contribution in [0.25, 0.3) is 10.2 Å². The van der Waals surface area contributed by atoms with Gasteiger partial charge in [0.15, 0.2) is 0 Å². The number of nitrogens with one attached hydrogen (secondary N) is 2. The molecule has 3 aromatic rings. The van der Waals surface area contributed by atoms with Gasteiger partial charge in [-0.05, 0) is 54.9 Å². The summed E-state index contributed by atoms with van der Waals surface area (Å²) in [5.74, 6) is -0.704. The number of hydrogen-bond donors (Lipinski definition) is 3. The van der Waals surface area contributed by atoms with E-state index in [-0.39, 0.29) is 24.0 Å². The number of rotatable bonds is 9. The Morgan fingerprint density at radius 1 is 1.38 bits per heavy atom. The maximum Gasteiger partial charge on any atom is 0.287 e. The van der Waals surface area contributed by atoms with Gasteiger partial charge in [0, 0.05) is 25.3 Å². The van der Waals surface area contributed by atoms with Crippen molar-refractivity contribution in [3.05, 3.63) is 61.7 Å². The molecule has 0 spiro atoms. The summed E-state index contributed by atoms with van der Waals surface area (Å²) in [6, 6.07) is 4.18. The SMILES string of the molecule is O=C(NCc1ccc(F)c(Cl)c1)c1nc2scc(COCC3CCN(CCO)CC3)c2c(=O)[nH]1. The molecule has 1 fully saturated rings. The molecule has 0 aliphatic carbocycles. The molecule has 1 aromatic carbocycles. The molecule has 0 atom stereocenters. The summed E-state index contributed by atoms with van der Waals surface area (Å²) in [4.78, 5) is 34.8. The first-order chi connectivity index (χ1) is 16.4. The number of aliphatic hydroxyl groups is 1. The number of H-pyrrole nitrogens is 1. The molecule has 1 aliphatic rings. The van der Waals surface area contributed by atoms with E-state index in [0.29, 0.717) is 41.5 Å². The first kappa shape index (κ1) is 24.7. The number of amides is 1. The molecule has 1 saturated heterocycles. The molecule has 0 radical (unpaired) electrons. The van der Waals surface area contributed by atoms with Gasteiger partial charge in [-0.2, -0.15) is 0 Å². The third-order valence-electron chi connectivity index (χ3n) is 5.91. The Hall–Kier alpha value is -2.37. The highest BCUT2D eigenvalue weighted by Crippen LogP contribution is 2.23. The fourth-order valence-corrected chi connectivity index (χ4v) is 5.12. The van der Waals surface area contributed by atoms with Gasteiger partial charge in [0.1, 0.15) is 10.6 Å². The Morgan fingerprint density at radius 2 is 2.18 bits per heavy atom. The summed E-state index contributed by atoms with van der Waals surface area (Å²) >= 11 is 7.05. The molecule has 2 aromatic heterocycles. The quantitative estimate of drug-likeness (QED) is 0.410. The minimum absolute atomic E-state index is 0.0276. The molecule has 0 unspecified atom stereocenters. The summed E-state index contributed by atoms with van der Waals surface area (Å²) in [6.07, 6.45) is 2.05. The van der Waals surface area contributed by atoms with Crippen LogP contribution in [0.2, 0.25) is 5.02 Å². The fourth-order valence-electron chi connectivity index (χ4n) is 3.99. The van der Waals surface area contributed by atoms with Crippen LogP contribution in [-0.2, 0) is 17.9 Å². The maximum atomic E-state index is 13.3. The van der Waals surface area contributed by atoms with Crippen LogP contribution in [0.5, 0.6) is 0 Å². The molecule has 0 saturated carbocycles. The Balaban J connectivity index is 1.34. The Labute approximate surface area is 204 Å². The number of thiophene rings is 1. The monoisotopic (exact) mass is 508 g/mol. The van der Waals surface area contributed by atoms with Crippen molar-refractivity contribution in [2.45, 2.75) is 26.0 Å². The van der Waals surface area contributed by atoms with Crippen molar-refractivity contribution in [1.29, 1.82) is 0 Å². The van der Waals surface area contributed by atoms with E-state index in [4.69, 9.17) is 21.4 Å². The number of ether oxygens (including phenoxy) is 1. The van der Waals surface area contributed by atoms with E-state index in [1.807, 2.05) is 5.38 Å². The number of carbonyl (C=O) groups excluding carboxylic acids is 1. The number of fused-ring (bicyclic) bond motifs is 1. The zero-order valence-corrected chi connectivity index (χ0v) is 20.1. The first-order valence-electron chi connectivity index (χ1n) is 11.1. The summed E-state index contributed by atoms with van der Waals surface area (Å²) in [6.45, 7) is 3.84. The van der Waals surface area contributed by atoms with E-state index in [1.54, 1.807) is 0 Å². The van der Waals surface area contributed by atoms with Crippen LogP contribution in [-0.4, -0.2) is 58.7 Å². The second-order valence-electron chi connectivity index (χ2n) is 8.31. The third kappa shape index (κ3) is 6.00. The van der Waals surface area contributed by atoms with Gasteiger partial charge in [-0.1, -0.05) is 17.7 Å². The van der Waals surface area contributed by atoms with Crippen molar-refractivity contribution in [1.82, 2.24) is 20.2 Å². The van der Waals surface area contributed by atoms with Gasteiger partial charge >= 0.3 is 0 Å². The van der Waals surface area contributed by atoms with E-state index in [1.165, 1.54) is 29.5 Å². The Bertz CT molecular complexity index is 1210. The van der Waals surface area contributed by atoms with Crippen LogP contribution < -0.4 is 10.9 Å². The van der Waals surface area contributed by atoms with Crippen molar-refractivity contribution >= 4 is 39.1 Å². The number of carbonyl (C=O) groups is 1. The maximum absolute atomic E-state index is 13.3. The van der Waals surface area contributed by atoms with Gasteiger partial charge in [-0.15, -0.1) is 11.3 Å². The molecule has 11 heteroatoms. The van der Waals surface area contributed by atoms with Gasteiger partial charge in [0.25, 0.3) is 11.5 Å². The van der Waals surface area contributed by atoms with Gasteiger partial charge in [0.05, 0.1) is 23.6 Å². The van der Waals surface area contributed by atoms with Crippen LogP contribution in [0.1, 0.15) is 34.6 Å². The number of aliphatic hydroxyl groups excluding tert-OH is 1. The molecular weight excluding hydrogens is 483 g/mol. The predicted octanol–water partition coefficient (Wildman–Crippen LogP) is 2.93. The number of β-amino-alcohol motifs (C(OH)–C–C–N with tert-alkyl or cyclic N) is 1. The van der Waals surface area contributed by atoms with E-state index in [0.717, 1.165) is 31.5 Å².